The van der Waals surface area contributed by atoms with Crippen molar-refractivity contribution in [2.45, 2.75) is 0 Å². The topological polar surface area (TPSA) is 8.17 Å². The Morgan fingerprint density at radius 2 is 0.699 bits per heavy atom. The summed E-state index contributed by atoms with van der Waals surface area (Å²) in [7, 11) is 0. The van der Waals surface area contributed by atoms with Crippen molar-refractivity contribution >= 4 is 81.1 Å². The van der Waals surface area contributed by atoms with Gasteiger partial charge in [0.25, 0.3) is 0 Å². The standard InChI is InChI=1S/C70H46N2S/c1-2-13-53-45-56(29-26-47(53)12-1)55-15-11-14-54(44-55)50-32-39-59(40-33-50)71(60-41-34-51(35-42-60)57-36-43-70-65(46-57)64-19-6-10-23-69(64)73-70)58-37-30-49(31-38-58)48-24-27-52(28-25-48)61-16-3-7-20-66(61)72-67-21-8-4-17-62(67)63-18-5-9-22-68(63)72/h1-46H. The molecule has 0 aliphatic carbocycles. The van der Waals surface area contributed by atoms with Crippen LogP contribution < -0.4 is 4.90 Å². The number of benzene rings is 12. The largest absolute Gasteiger partial charge is 0.311 e. The van der Waals surface area contributed by atoms with Crippen molar-refractivity contribution < 1.29 is 0 Å². The van der Waals surface area contributed by atoms with Gasteiger partial charge in [-0.15, -0.1) is 11.3 Å². The smallest absolute Gasteiger partial charge is 0.0541 e. The number of hydrogen-bond donors (Lipinski definition) is 0. The van der Waals surface area contributed by atoms with E-state index in [1.807, 2.05) is 11.3 Å². The van der Waals surface area contributed by atoms with Gasteiger partial charge in [-0.05, 0) is 146 Å². The molecule has 2 nitrogen and oxygen atoms in total. The minimum absolute atomic E-state index is 1.09. The van der Waals surface area contributed by atoms with Crippen LogP contribution in [0.3, 0.4) is 0 Å². The molecule has 2 aromatic heterocycles. The molecular formula is C70H46N2S. The number of hydrogen-bond acceptors (Lipinski definition) is 2. The zero-order valence-electron chi connectivity index (χ0n) is 39.9. The van der Waals surface area contributed by atoms with E-state index in [9.17, 15) is 0 Å². The van der Waals surface area contributed by atoms with Crippen LogP contribution in [0.2, 0.25) is 0 Å². The van der Waals surface area contributed by atoms with E-state index in [1.165, 1.54) is 114 Å². The van der Waals surface area contributed by atoms with Gasteiger partial charge < -0.3 is 9.47 Å². The van der Waals surface area contributed by atoms with Gasteiger partial charge >= 0.3 is 0 Å². The SMILES string of the molecule is c1cc(-c2ccc(N(c3ccc(-c4ccc(-c5ccccc5-n5c6ccccc6c6ccccc65)cc4)cc3)c3ccc(-c4ccc5sc6ccccc6c5c4)cc3)cc2)cc(-c2ccc3ccccc3c2)c1. The van der Waals surface area contributed by atoms with E-state index in [0.29, 0.717) is 0 Å². The van der Waals surface area contributed by atoms with Crippen LogP contribution >= 0.6 is 11.3 Å². The summed E-state index contributed by atoms with van der Waals surface area (Å²) in [6.45, 7) is 0. The monoisotopic (exact) mass is 946 g/mol. The Bertz CT molecular complexity index is 4300. The molecule has 2 heterocycles. The third-order valence-electron chi connectivity index (χ3n) is 14.6. The molecule has 14 rings (SSSR count). The van der Waals surface area contributed by atoms with E-state index in [2.05, 4.69) is 289 Å². The highest BCUT2D eigenvalue weighted by Gasteiger charge is 2.17. The van der Waals surface area contributed by atoms with E-state index >= 15 is 0 Å². The van der Waals surface area contributed by atoms with Crippen LogP contribution in [-0.2, 0) is 0 Å². The first-order valence-corrected chi connectivity index (χ1v) is 25.8. The van der Waals surface area contributed by atoms with Crippen LogP contribution in [-0.4, -0.2) is 4.57 Å². The van der Waals surface area contributed by atoms with Gasteiger partial charge in [0.05, 0.1) is 16.7 Å². The summed E-state index contributed by atoms with van der Waals surface area (Å²) >= 11 is 1.86. The van der Waals surface area contributed by atoms with E-state index in [0.717, 1.165) is 17.1 Å². The number of nitrogens with zero attached hydrogens (tertiary/aromatic N) is 2. The van der Waals surface area contributed by atoms with Gasteiger partial charge in [-0.2, -0.15) is 0 Å². The van der Waals surface area contributed by atoms with Gasteiger partial charge in [-0.3, -0.25) is 0 Å². The molecule has 0 amide bonds. The molecule has 0 bridgehead atoms. The second-order valence-electron chi connectivity index (χ2n) is 18.9. The number of thiophene rings is 1. The van der Waals surface area contributed by atoms with Crippen LogP contribution in [0.5, 0.6) is 0 Å². The Hall–Kier alpha value is -9.28. The molecule has 73 heavy (non-hydrogen) atoms. The summed E-state index contributed by atoms with van der Waals surface area (Å²) in [6, 6.07) is 102. The number of para-hydroxylation sites is 3. The van der Waals surface area contributed by atoms with Crippen LogP contribution in [0.1, 0.15) is 0 Å². The molecule has 3 heteroatoms. The highest BCUT2D eigenvalue weighted by molar-refractivity contribution is 7.25. The molecule has 0 aliphatic rings. The van der Waals surface area contributed by atoms with Crippen LogP contribution in [0, 0.1) is 0 Å². The Labute approximate surface area is 428 Å². The fourth-order valence-corrected chi connectivity index (χ4v) is 12.0. The first kappa shape index (κ1) is 42.6. The third-order valence-corrected chi connectivity index (χ3v) is 15.8. The number of rotatable bonds is 9. The maximum Gasteiger partial charge on any atom is 0.0541 e. The maximum absolute atomic E-state index is 2.41. The van der Waals surface area contributed by atoms with Gasteiger partial charge in [0.2, 0.25) is 0 Å². The summed E-state index contributed by atoms with van der Waals surface area (Å²) < 4.78 is 5.05. The molecule has 342 valence electrons. The Kier molecular flexibility index (Phi) is 10.4. The quantitative estimate of drug-likeness (QED) is 0.140. The fraction of sp³-hybridized carbons (Fsp3) is 0. The number of anilines is 3. The van der Waals surface area contributed by atoms with Crippen molar-refractivity contribution in [1.29, 1.82) is 0 Å². The van der Waals surface area contributed by atoms with Gasteiger partial charge in [0.15, 0.2) is 0 Å². The maximum atomic E-state index is 2.41. The zero-order valence-corrected chi connectivity index (χ0v) is 40.7. The van der Waals surface area contributed by atoms with Crippen LogP contribution in [0.25, 0.3) is 114 Å². The van der Waals surface area contributed by atoms with Crippen molar-refractivity contribution in [3.05, 3.63) is 279 Å². The van der Waals surface area contributed by atoms with Crippen molar-refractivity contribution in [2.75, 3.05) is 4.90 Å². The van der Waals surface area contributed by atoms with E-state index in [1.54, 1.807) is 0 Å². The van der Waals surface area contributed by atoms with Crippen molar-refractivity contribution in [3.63, 3.8) is 0 Å². The average Bonchev–Trinajstić information content (AvgIpc) is 4.01. The Morgan fingerprint density at radius 3 is 1.36 bits per heavy atom. The van der Waals surface area contributed by atoms with Gasteiger partial charge in [-0.25, -0.2) is 0 Å². The molecule has 0 aliphatic heterocycles. The minimum atomic E-state index is 1.09. The zero-order chi connectivity index (χ0) is 48.2. The molecule has 0 spiro atoms. The highest BCUT2D eigenvalue weighted by atomic mass is 32.1. The molecule has 12 aromatic carbocycles. The van der Waals surface area contributed by atoms with E-state index in [4.69, 9.17) is 0 Å². The summed E-state index contributed by atoms with van der Waals surface area (Å²) in [6.07, 6.45) is 0. The second kappa shape index (κ2) is 17.8. The first-order valence-electron chi connectivity index (χ1n) is 25.0. The van der Waals surface area contributed by atoms with Gasteiger partial charge in [0.1, 0.15) is 0 Å². The predicted molar refractivity (Wildman–Crippen MR) is 313 cm³/mol. The van der Waals surface area contributed by atoms with Crippen LogP contribution in [0.15, 0.2) is 279 Å². The molecule has 0 radical (unpaired) electrons. The molecule has 0 atom stereocenters. The average molecular weight is 947 g/mol. The van der Waals surface area contributed by atoms with Crippen molar-refractivity contribution in [1.82, 2.24) is 4.57 Å². The lowest BCUT2D eigenvalue weighted by Gasteiger charge is -2.26. The molecule has 0 unspecified atom stereocenters. The minimum Gasteiger partial charge on any atom is -0.311 e. The van der Waals surface area contributed by atoms with Crippen molar-refractivity contribution in [3.8, 4) is 61.3 Å². The molecule has 0 saturated carbocycles. The number of aromatic nitrogens is 1. The Balaban J connectivity index is 0.795. The van der Waals surface area contributed by atoms with Crippen molar-refractivity contribution in [2.24, 2.45) is 0 Å². The van der Waals surface area contributed by atoms with E-state index < -0.39 is 0 Å². The highest BCUT2D eigenvalue weighted by Crippen LogP contribution is 2.42. The van der Waals surface area contributed by atoms with Crippen LogP contribution in [0.4, 0.5) is 17.1 Å². The summed E-state index contributed by atoms with van der Waals surface area (Å²) in [4.78, 5) is 2.37. The lowest BCUT2D eigenvalue weighted by atomic mass is 9.97. The molecule has 14 aromatic rings. The number of fused-ring (bicyclic) bond motifs is 7. The summed E-state index contributed by atoms with van der Waals surface area (Å²) in [5, 5.41) is 7.66. The normalized spacial score (nSPS) is 11.6. The lowest BCUT2D eigenvalue weighted by molar-refractivity contribution is 1.18. The fourth-order valence-electron chi connectivity index (χ4n) is 10.9. The third kappa shape index (κ3) is 7.66. The molecule has 0 saturated heterocycles. The summed E-state index contributed by atoms with van der Waals surface area (Å²) in [5.74, 6) is 0. The van der Waals surface area contributed by atoms with Gasteiger partial charge in [0, 0.05) is 53.6 Å². The molecule has 0 fully saturated rings. The second-order valence-corrected chi connectivity index (χ2v) is 20.0. The van der Waals surface area contributed by atoms with Gasteiger partial charge in [-0.1, -0.05) is 194 Å². The molecule has 0 N–H and O–H groups in total. The van der Waals surface area contributed by atoms with E-state index in [-0.39, 0.29) is 0 Å². The Morgan fingerprint density at radius 1 is 0.260 bits per heavy atom. The lowest BCUT2D eigenvalue weighted by Crippen LogP contribution is -2.09. The predicted octanol–water partition coefficient (Wildman–Crippen LogP) is 20.1. The summed E-state index contributed by atoms with van der Waals surface area (Å²) in [5.41, 5.74) is 18.8. The first-order chi connectivity index (χ1) is 36.2. The molecular weight excluding hydrogens is 901 g/mol.